The van der Waals surface area contributed by atoms with Crippen molar-refractivity contribution in [2.75, 3.05) is 6.54 Å². The number of carbonyl (C=O) groups is 2. The molecule has 1 aromatic heterocycles. The SMILES string of the molecule is C=CC[N+]1(Cc2cc(C(F)(F)F)cc(C(F)(F)F)c2)C(=O)OC(=Cc2c[nH]c3ccccc23)C1=O. The fraction of sp³-hybridized carbons (Fsp3) is 0.167. The van der Waals surface area contributed by atoms with Crippen molar-refractivity contribution in [2.45, 2.75) is 18.9 Å². The molecule has 0 spiro atoms. The Balaban J connectivity index is 1.78. The predicted molar refractivity (Wildman–Crippen MR) is 113 cm³/mol. The van der Waals surface area contributed by atoms with Gasteiger partial charge >= 0.3 is 24.4 Å². The van der Waals surface area contributed by atoms with E-state index < -0.39 is 58.6 Å². The van der Waals surface area contributed by atoms with Crippen molar-refractivity contribution in [1.82, 2.24) is 4.98 Å². The summed E-state index contributed by atoms with van der Waals surface area (Å²) in [5, 5.41) is 0.713. The molecule has 1 N–H and O–H groups in total. The highest BCUT2D eigenvalue weighted by molar-refractivity contribution is 6.03. The van der Waals surface area contributed by atoms with E-state index in [9.17, 15) is 35.9 Å². The van der Waals surface area contributed by atoms with Crippen LogP contribution in [0.15, 0.2) is 67.1 Å². The Hall–Kier alpha value is -3.86. The third-order valence-corrected chi connectivity index (χ3v) is 5.59. The molecule has 3 aromatic rings. The number of rotatable bonds is 5. The lowest BCUT2D eigenvalue weighted by atomic mass is 10.0. The Morgan fingerprint density at radius 2 is 1.60 bits per heavy atom. The first-order valence-electron chi connectivity index (χ1n) is 10.2. The molecule has 4 rings (SSSR count). The first kappa shape index (κ1) is 24.3. The van der Waals surface area contributed by atoms with Crippen LogP contribution in [-0.2, 0) is 28.4 Å². The van der Waals surface area contributed by atoms with Gasteiger partial charge in [-0.2, -0.15) is 31.1 Å². The highest BCUT2D eigenvalue weighted by Gasteiger charge is 2.56. The van der Waals surface area contributed by atoms with Crippen LogP contribution >= 0.6 is 0 Å². The molecule has 0 radical (unpaired) electrons. The van der Waals surface area contributed by atoms with Crippen LogP contribution in [0, 0.1) is 0 Å². The molecular weight excluding hydrogens is 478 g/mol. The Labute approximate surface area is 194 Å². The van der Waals surface area contributed by atoms with Gasteiger partial charge in [0.1, 0.15) is 13.1 Å². The van der Waals surface area contributed by atoms with Crippen LogP contribution in [0.1, 0.15) is 22.3 Å². The molecule has 1 saturated heterocycles. The Morgan fingerprint density at radius 1 is 0.971 bits per heavy atom. The molecule has 2 heterocycles. The van der Waals surface area contributed by atoms with Gasteiger partial charge in [0.25, 0.3) is 0 Å². The fourth-order valence-electron chi connectivity index (χ4n) is 3.97. The van der Waals surface area contributed by atoms with Crippen LogP contribution in [0.4, 0.5) is 31.1 Å². The number of aromatic amines is 1. The van der Waals surface area contributed by atoms with Gasteiger partial charge < -0.3 is 9.72 Å². The Kier molecular flexibility index (Phi) is 5.84. The molecule has 1 fully saturated rings. The zero-order valence-electron chi connectivity index (χ0n) is 17.8. The molecule has 11 heteroatoms. The number of fused-ring (bicyclic) bond motifs is 1. The lowest BCUT2D eigenvalue weighted by Crippen LogP contribution is -2.51. The monoisotopic (exact) mass is 495 g/mol. The largest absolute Gasteiger partial charge is 0.530 e. The summed E-state index contributed by atoms with van der Waals surface area (Å²) in [6.45, 7) is 2.28. The Morgan fingerprint density at radius 3 is 2.20 bits per heavy atom. The number of halogens is 6. The zero-order chi connectivity index (χ0) is 25.6. The topological polar surface area (TPSA) is 59.2 Å². The third kappa shape index (κ3) is 4.46. The van der Waals surface area contributed by atoms with Crippen molar-refractivity contribution < 1.29 is 45.2 Å². The number of quaternary nitrogens is 1. The van der Waals surface area contributed by atoms with Gasteiger partial charge in [0.05, 0.1) is 11.1 Å². The second-order valence-corrected chi connectivity index (χ2v) is 7.98. The molecule has 35 heavy (non-hydrogen) atoms. The van der Waals surface area contributed by atoms with Crippen LogP contribution < -0.4 is 0 Å². The lowest BCUT2D eigenvalue weighted by molar-refractivity contribution is -0.778. The molecular formula is C24H17F6N2O3+. The zero-order valence-corrected chi connectivity index (χ0v) is 17.8. The molecule has 1 unspecified atom stereocenters. The van der Waals surface area contributed by atoms with E-state index in [0.717, 1.165) is 5.52 Å². The molecule has 0 saturated carbocycles. The van der Waals surface area contributed by atoms with Gasteiger partial charge in [-0.1, -0.05) is 24.8 Å². The van der Waals surface area contributed by atoms with Crippen molar-refractivity contribution in [2.24, 2.45) is 0 Å². The van der Waals surface area contributed by atoms with Crippen molar-refractivity contribution in [3.05, 3.63) is 89.3 Å². The molecule has 5 nitrogen and oxygen atoms in total. The van der Waals surface area contributed by atoms with E-state index in [0.29, 0.717) is 23.1 Å². The van der Waals surface area contributed by atoms with E-state index in [-0.39, 0.29) is 11.8 Å². The summed E-state index contributed by atoms with van der Waals surface area (Å²) in [6, 6.07) is 8.03. The fourth-order valence-corrected chi connectivity index (χ4v) is 3.97. The average Bonchev–Trinajstić information content (AvgIpc) is 3.28. The maximum atomic E-state index is 13.3. The summed E-state index contributed by atoms with van der Waals surface area (Å²) in [5.41, 5.74) is -2.35. The van der Waals surface area contributed by atoms with Crippen molar-refractivity contribution >= 4 is 29.0 Å². The summed E-state index contributed by atoms with van der Waals surface area (Å²) in [5.74, 6) is -1.30. The number of hydrogen-bond donors (Lipinski definition) is 1. The van der Waals surface area contributed by atoms with Crippen LogP contribution in [0.5, 0.6) is 0 Å². The van der Waals surface area contributed by atoms with Crippen LogP contribution in [0.3, 0.4) is 0 Å². The molecule has 1 atom stereocenters. The summed E-state index contributed by atoms with van der Waals surface area (Å²) < 4.78 is 83.7. The highest BCUT2D eigenvalue weighted by atomic mass is 19.4. The normalized spacial score (nSPS) is 20.0. The van der Waals surface area contributed by atoms with E-state index in [4.69, 9.17) is 4.74 Å². The van der Waals surface area contributed by atoms with E-state index >= 15 is 0 Å². The number of hydrogen-bond acceptors (Lipinski definition) is 3. The van der Waals surface area contributed by atoms with E-state index in [1.54, 1.807) is 30.5 Å². The number of imide groups is 1. The van der Waals surface area contributed by atoms with Gasteiger partial charge in [0, 0.05) is 34.3 Å². The number of para-hydroxylation sites is 1. The first-order valence-corrected chi connectivity index (χ1v) is 10.2. The maximum absolute atomic E-state index is 13.3. The van der Waals surface area contributed by atoms with E-state index in [1.807, 2.05) is 0 Å². The quantitative estimate of drug-likeness (QED) is 0.192. The minimum atomic E-state index is -5.07. The molecule has 0 aliphatic carbocycles. The number of nitrogens with one attached hydrogen (secondary N) is 1. The standard InChI is InChI=1S/C24H16F6N2O3/c1-2-7-32(13-14-8-16(23(25,26)27)11-17(9-14)24(28,29)30)21(33)20(35-22(32)34)10-15-12-31-19-6-4-3-5-18(15)19/h2-6,8-12H,1,7,13H2/p+1. The van der Waals surface area contributed by atoms with E-state index in [2.05, 4.69) is 11.6 Å². The second kappa shape index (κ2) is 8.42. The van der Waals surface area contributed by atoms with E-state index in [1.165, 1.54) is 12.2 Å². The minimum Gasteiger partial charge on any atom is -0.370 e. The van der Waals surface area contributed by atoms with Crippen molar-refractivity contribution in [3.8, 4) is 0 Å². The van der Waals surface area contributed by atoms with Gasteiger partial charge in [-0.15, -0.1) is 4.48 Å². The number of amides is 2. The summed E-state index contributed by atoms with van der Waals surface area (Å²) in [6.07, 6.45) is -7.24. The smallest absolute Gasteiger partial charge is 0.370 e. The summed E-state index contributed by atoms with van der Waals surface area (Å²) in [7, 11) is 0. The number of ether oxygens (including phenoxy) is 1. The number of cyclic esters (lactones) is 1. The van der Waals surface area contributed by atoms with Gasteiger partial charge in [0.15, 0.2) is 0 Å². The number of alkyl halides is 6. The molecule has 1 aliphatic rings. The predicted octanol–water partition coefficient (Wildman–Crippen LogP) is 6.43. The first-order chi connectivity index (χ1) is 16.3. The minimum absolute atomic E-state index is 0.0200. The number of aromatic nitrogens is 1. The van der Waals surface area contributed by atoms with Crippen molar-refractivity contribution in [3.63, 3.8) is 0 Å². The number of nitrogens with zero attached hydrogens (tertiary/aromatic N) is 1. The molecule has 0 bridgehead atoms. The lowest BCUT2D eigenvalue weighted by Gasteiger charge is -2.24. The van der Waals surface area contributed by atoms with Crippen LogP contribution in [-0.4, -0.2) is 28.0 Å². The van der Waals surface area contributed by atoms with Gasteiger partial charge in [-0.25, -0.2) is 4.79 Å². The maximum Gasteiger partial charge on any atom is 0.530 e. The molecule has 182 valence electrons. The number of H-pyrrole nitrogens is 1. The second-order valence-electron chi connectivity index (χ2n) is 7.98. The van der Waals surface area contributed by atoms with Crippen molar-refractivity contribution in [1.29, 1.82) is 0 Å². The molecule has 2 aromatic carbocycles. The van der Waals surface area contributed by atoms with Crippen LogP contribution in [0.25, 0.3) is 17.0 Å². The third-order valence-electron chi connectivity index (χ3n) is 5.59. The van der Waals surface area contributed by atoms with Gasteiger partial charge in [-0.3, -0.25) is 0 Å². The number of benzene rings is 2. The van der Waals surface area contributed by atoms with Crippen LogP contribution in [0.2, 0.25) is 0 Å². The number of carbonyl (C=O) groups excluding carboxylic acids is 2. The highest BCUT2D eigenvalue weighted by Crippen LogP contribution is 2.38. The summed E-state index contributed by atoms with van der Waals surface area (Å²) in [4.78, 5) is 29.2. The Bertz CT molecular complexity index is 1340. The van der Waals surface area contributed by atoms with Gasteiger partial charge in [0.2, 0.25) is 5.76 Å². The molecule has 1 aliphatic heterocycles. The van der Waals surface area contributed by atoms with Gasteiger partial charge in [-0.05, 0) is 30.3 Å². The summed E-state index contributed by atoms with van der Waals surface area (Å²) >= 11 is 0. The molecule has 2 amide bonds. The average molecular weight is 495 g/mol.